The van der Waals surface area contributed by atoms with Crippen LogP contribution < -0.4 is 10.6 Å². The molecule has 2 rings (SSSR count). The number of hydrogen-bond acceptors (Lipinski definition) is 6. The number of sulfonamides is 1. The minimum Gasteiger partial charge on any atom is -0.467 e. The van der Waals surface area contributed by atoms with E-state index in [-0.39, 0.29) is 28.9 Å². The third-order valence-corrected chi connectivity index (χ3v) is 10.5. The van der Waals surface area contributed by atoms with Gasteiger partial charge in [0, 0.05) is 25.0 Å². The molecule has 0 spiro atoms. The average Bonchev–Trinajstić information content (AvgIpc) is 3.07. The van der Waals surface area contributed by atoms with Gasteiger partial charge in [-0.2, -0.15) is 4.31 Å². The van der Waals surface area contributed by atoms with E-state index in [2.05, 4.69) is 24.5 Å². The molecular formula is C27H50N4O6S. The van der Waals surface area contributed by atoms with Crippen LogP contribution >= 0.6 is 0 Å². The Morgan fingerprint density at radius 1 is 1.00 bits per heavy atom. The molecular weight excluding hydrogens is 508 g/mol. The number of carbonyl (C=O) groups is 3. The molecule has 11 heteroatoms. The van der Waals surface area contributed by atoms with Crippen molar-refractivity contribution in [1.29, 1.82) is 0 Å². The molecule has 2 N–H and O–H groups in total. The fourth-order valence-electron chi connectivity index (χ4n) is 5.30. The highest BCUT2D eigenvalue weighted by Crippen LogP contribution is 2.65. The van der Waals surface area contributed by atoms with Crippen LogP contribution in [0.5, 0.6) is 0 Å². The second kappa shape index (κ2) is 10.3. The maximum absolute atomic E-state index is 13.8. The summed E-state index contributed by atoms with van der Waals surface area (Å²) < 4.78 is 32.6. The van der Waals surface area contributed by atoms with Crippen LogP contribution in [0.2, 0.25) is 0 Å². The second-order valence-corrected chi connectivity index (χ2v) is 16.7. The van der Waals surface area contributed by atoms with Gasteiger partial charge in [-0.25, -0.2) is 18.0 Å². The quantitative estimate of drug-likeness (QED) is 0.463. The molecule has 0 aromatic heterocycles. The molecule has 0 radical (unpaired) electrons. The smallest absolute Gasteiger partial charge is 0.328 e. The second-order valence-electron chi connectivity index (χ2n) is 14.7. The van der Waals surface area contributed by atoms with E-state index in [0.717, 1.165) is 0 Å². The van der Waals surface area contributed by atoms with Gasteiger partial charge in [0.05, 0.1) is 18.9 Å². The molecule has 3 amide bonds. The van der Waals surface area contributed by atoms with Crippen molar-refractivity contribution in [3.05, 3.63) is 0 Å². The molecule has 2 unspecified atom stereocenters. The molecule has 10 nitrogen and oxygen atoms in total. The normalized spacial score (nSPS) is 24.9. The van der Waals surface area contributed by atoms with E-state index in [1.165, 1.54) is 18.5 Å². The number of nitrogens with one attached hydrogen (secondary N) is 2. The number of fused-ring (bicyclic) bond motifs is 1. The summed E-state index contributed by atoms with van der Waals surface area (Å²) >= 11 is 0. The minimum atomic E-state index is -3.70. The van der Waals surface area contributed by atoms with Crippen LogP contribution in [0.3, 0.4) is 0 Å². The van der Waals surface area contributed by atoms with Gasteiger partial charge in [-0.15, -0.1) is 0 Å². The van der Waals surface area contributed by atoms with Gasteiger partial charge in [-0.3, -0.25) is 4.79 Å². The van der Waals surface area contributed by atoms with Crippen molar-refractivity contribution in [2.24, 2.45) is 28.1 Å². The molecule has 0 aromatic rings. The van der Waals surface area contributed by atoms with Gasteiger partial charge < -0.3 is 20.3 Å². The molecule has 0 aromatic carbocycles. The van der Waals surface area contributed by atoms with Gasteiger partial charge in [-0.1, -0.05) is 55.4 Å². The number of methoxy groups -OCH3 is 1. The van der Waals surface area contributed by atoms with E-state index >= 15 is 0 Å². The molecule has 38 heavy (non-hydrogen) atoms. The average molecular weight is 559 g/mol. The Labute approximate surface area is 229 Å². The Balaban J connectivity index is 2.26. The molecule has 1 saturated heterocycles. The van der Waals surface area contributed by atoms with Gasteiger partial charge in [0.2, 0.25) is 15.9 Å². The van der Waals surface area contributed by atoms with Crippen molar-refractivity contribution >= 4 is 27.9 Å². The summed E-state index contributed by atoms with van der Waals surface area (Å²) in [5.74, 6) is -0.877. The number of hydrogen-bond donors (Lipinski definition) is 2. The molecule has 2 aliphatic rings. The maximum atomic E-state index is 13.8. The summed E-state index contributed by atoms with van der Waals surface area (Å²) in [5, 5.41) is 5.63. The Bertz CT molecular complexity index is 1040. The maximum Gasteiger partial charge on any atom is 0.328 e. The first-order chi connectivity index (χ1) is 16.9. The summed E-state index contributed by atoms with van der Waals surface area (Å²) in [6, 6.07) is -2.99. The van der Waals surface area contributed by atoms with Gasteiger partial charge >= 0.3 is 12.0 Å². The number of esters is 1. The lowest BCUT2D eigenvalue weighted by atomic mass is 9.85. The first kappa shape index (κ1) is 32.3. The molecule has 0 bridgehead atoms. The summed E-state index contributed by atoms with van der Waals surface area (Å²) in [5.41, 5.74) is -1.92. The zero-order chi connectivity index (χ0) is 29.8. The minimum absolute atomic E-state index is 0.0172. The molecule has 1 aliphatic carbocycles. The van der Waals surface area contributed by atoms with Crippen LogP contribution in [0.1, 0.15) is 76.2 Å². The first-order valence-electron chi connectivity index (χ1n) is 13.3. The number of nitrogens with zero attached hydrogens (tertiary/aromatic N) is 2. The fraction of sp³-hybridized carbons (Fsp3) is 0.889. The van der Waals surface area contributed by atoms with Crippen molar-refractivity contribution < 1.29 is 27.5 Å². The number of piperidine rings is 1. The van der Waals surface area contributed by atoms with E-state index in [0.29, 0.717) is 6.54 Å². The summed E-state index contributed by atoms with van der Waals surface area (Å²) in [6.07, 6.45) is 0. The molecule has 2 fully saturated rings. The monoisotopic (exact) mass is 558 g/mol. The van der Waals surface area contributed by atoms with Crippen LogP contribution in [0.15, 0.2) is 0 Å². The van der Waals surface area contributed by atoms with Gasteiger partial charge in [0.15, 0.2) is 0 Å². The lowest BCUT2D eigenvalue weighted by Gasteiger charge is -2.38. The van der Waals surface area contributed by atoms with Gasteiger partial charge in [0.1, 0.15) is 12.1 Å². The predicted molar refractivity (Wildman–Crippen MR) is 148 cm³/mol. The first-order valence-corrected chi connectivity index (χ1v) is 14.9. The van der Waals surface area contributed by atoms with Crippen LogP contribution in [0.4, 0.5) is 4.79 Å². The van der Waals surface area contributed by atoms with Crippen molar-refractivity contribution in [2.75, 3.05) is 26.5 Å². The zero-order valence-corrected chi connectivity index (χ0v) is 26.4. The Kier molecular flexibility index (Phi) is 8.73. The number of carbonyl (C=O) groups excluding carboxylic acids is 3. The number of rotatable bonds is 7. The summed E-state index contributed by atoms with van der Waals surface area (Å²) in [6.45, 7) is 21.1. The molecule has 220 valence electrons. The van der Waals surface area contributed by atoms with E-state index < -0.39 is 56.5 Å². The lowest BCUT2D eigenvalue weighted by molar-refractivity contribution is -0.154. The Hall–Kier alpha value is -1.88. The molecule has 1 aliphatic heterocycles. The number of urea groups is 1. The number of likely N-dealkylation sites (tertiary alicyclic amines) is 1. The Morgan fingerprint density at radius 3 is 1.95 bits per heavy atom. The SMILES string of the molecule is COC(=O)[C@@H]1C2C(CN1C(=O)[C@@H](NC(=O)N[C@H](CS(=O)(=O)N(C)C(C)(C)C)C(C)(C)C)C(C)(C)C)C2(C)C. The van der Waals surface area contributed by atoms with Gasteiger partial charge in [0.25, 0.3) is 0 Å². The molecule has 1 heterocycles. The highest BCUT2D eigenvalue weighted by Gasteiger charge is 2.70. The number of amides is 3. The summed E-state index contributed by atoms with van der Waals surface area (Å²) in [4.78, 5) is 41.3. The van der Waals surface area contributed by atoms with Crippen molar-refractivity contribution in [2.45, 2.75) is 99.8 Å². The molecule has 5 atom stereocenters. The molecule has 1 saturated carbocycles. The van der Waals surface area contributed by atoms with Crippen LogP contribution in [-0.2, 0) is 24.3 Å². The highest BCUT2D eigenvalue weighted by atomic mass is 32.2. The van der Waals surface area contributed by atoms with E-state index in [9.17, 15) is 22.8 Å². The highest BCUT2D eigenvalue weighted by molar-refractivity contribution is 7.89. The Morgan fingerprint density at radius 2 is 1.53 bits per heavy atom. The van der Waals surface area contributed by atoms with E-state index in [1.807, 2.05) is 41.5 Å². The van der Waals surface area contributed by atoms with Crippen molar-refractivity contribution in [3.8, 4) is 0 Å². The fourth-order valence-corrected chi connectivity index (χ4v) is 7.36. The number of ether oxygens (including phenoxy) is 1. The third kappa shape index (κ3) is 6.63. The van der Waals surface area contributed by atoms with Crippen LogP contribution in [-0.4, -0.2) is 85.7 Å². The van der Waals surface area contributed by atoms with Crippen molar-refractivity contribution in [1.82, 2.24) is 19.8 Å². The predicted octanol–water partition coefficient (Wildman–Crippen LogP) is 2.83. The van der Waals surface area contributed by atoms with Crippen LogP contribution in [0.25, 0.3) is 0 Å². The van der Waals surface area contributed by atoms with Crippen LogP contribution in [0, 0.1) is 28.1 Å². The topological polar surface area (TPSA) is 125 Å². The standard InChI is InChI=1S/C27H50N4O6S/c1-24(2,3)17(15-38(35,36)30(12)26(7,8)9)28-23(34)29-20(25(4,5)6)21(32)31-14-16-18(27(16,10)11)19(31)22(33)37-13/h16-20H,14-15H2,1-13H3,(H2,28,29,34)/t16?,17-,18?,19+,20-/m1/s1. The lowest BCUT2D eigenvalue weighted by Crippen LogP contribution is -2.61. The summed E-state index contributed by atoms with van der Waals surface area (Å²) in [7, 11) is -0.851. The third-order valence-electron chi connectivity index (χ3n) is 8.41. The largest absolute Gasteiger partial charge is 0.467 e. The van der Waals surface area contributed by atoms with E-state index in [1.54, 1.807) is 25.7 Å². The van der Waals surface area contributed by atoms with Gasteiger partial charge in [-0.05, 0) is 42.9 Å². The van der Waals surface area contributed by atoms with E-state index in [4.69, 9.17) is 4.74 Å². The zero-order valence-electron chi connectivity index (χ0n) is 25.6. The van der Waals surface area contributed by atoms with Crippen molar-refractivity contribution in [3.63, 3.8) is 0 Å².